The number of hydrogen-bond acceptors (Lipinski definition) is 7. The minimum Gasteiger partial charge on any atom is -0.492 e. The third kappa shape index (κ3) is 6.43. The zero-order valence-corrected chi connectivity index (χ0v) is 25.0. The molecule has 1 saturated carbocycles. The monoisotopic (exact) mass is 585 g/mol. The highest BCUT2D eigenvalue weighted by Gasteiger charge is 2.39. The first-order chi connectivity index (χ1) is 21.0. The van der Waals surface area contributed by atoms with Crippen LogP contribution in [0.25, 0.3) is 0 Å². The van der Waals surface area contributed by atoms with E-state index in [1.165, 1.54) is 56.6 Å². The fourth-order valence-corrected chi connectivity index (χ4v) is 7.19. The van der Waals surface area contributed by atoms with Crippen molar-refractivity contribution in [3.8, 4) is 5.75 Å². The summed E-state index contributed by atoms with van der Waals surface area (Å²) in [4.78, 5) is 46.2. The van der Waals surface area contributed by atoms with Gasteiger partial charge in [-0.1, -0.05) is 18.6 Å². The second kappa shape index (κ2) is 12.3. The second-order valence-corrected chi connectivity index (χ2v) is 13.0. The van der Waals surface area contributed by atoms with Crippen molar-refractivity contribution in [2.24, 2.45) is 5.92 Å². The molecule has 0 spiro atoms. The Labute approximate surface area is 254 Å². The Morgan fingerprint density at radius 3 is 2.44 bits per heavy atom. The summed E-state index contributed by atoms with van der Waals surface area (Å²) in [7, 11) is 0. The highest BCUT2D eigenvalue weighted by atomic mass is 16.5. The van der Waals surface area contributed by atoms with Crippen molar-refractivity contribution in [3.05, 3.63) is 59.2 Å². The molecule has 1 aliphatic carbocycles. The third-order valence-corrected chi connectivity index (χ3v) is 9.96. The van der Waals surface area contributed by atoms with Crippen molar-refractivity contribution in [1.29, 1.82) is 0 Å². The van der Waals surface area contributed by atoms with Crippen LogP contribution in [0.3, 0.4) is 0 Å². The minimum atomic E-state index is -0.603. The van der Waals surface area contributed by atoms with E-state index in [1.807, 2.05) is 18.2 Å². The molecule has 4 fully saturated rings. The Kier molecular flexibility index (Phi) is 8.10. The molecule has 2 aromatic rings. The van der Waals surface area contributed by atoms with Crippen molar-refractivity contribution >= 4 is 23.4 Å². The minimum absolute atomic E-state index is 0.156. The van der Waals surface area contributed by atoms with Crippen molar-refractivity contribution in [3.63, 3.8) is 0 Å². The van der Waals surface area contributed by atoms with Gasteiger partial charge in [-0.3, -0.25) is 29.5 Å². The number of nitrogens with zero attached hydrogens (tertiary/aromatic N) is 4. The lowest BCUT2D eigenvalue weighted by Crippen LogP contribution is -2.52. The van der Waals surface area contributed by atoms with E-state index >= 15 is 0 Å². The Morgan fingerprint density at radius 1 is 0.860 bits per heavy atom. The predicted octanol–water partition coefficient (Wildman–Crippen LogP) is 3.41. The van der Waals surface area contributed by atoms with E-state index in [-0.39, 0.29) is 24.1 Å². The highest BCUT2D eigenvalue weighted by Crippen LogP contribution is 2.32. The van der Waals surface area contributed by atoms with E-state index in [9.17, 15) is 14.4 Å². The molecule has 4 heterocycles. The van der Waals surface area contributed by atoms with Crippen LogP contribution in [-0.2, 0) is 22.7 Å². The number of nitrogens with one attached hydrogen (secondary N) is 1. The summed E-state index contributed by atoms with van der Waals surface area (Å²) in [5.74, 6) is 0.900. The van der Waals surface area contributed by atoms with Gasteiger partial charge in [0.15, 0.2) is 0 Å². The third-order valence-electron chi connectivity index (χ3n) is 9.96. The molecule has 5 aliphatic rings. The zero-order valence-electron chi connectivity index (χ0n) is 25.0. The molecule has 9 nitrogen and oxygen atoms in total. The molecule has 0 bridgehead atoms. The maximum atomic E-state index is 13.0. The molecular weight excluding hydrogens is 542 g/mol. The molecular formula is C34H43N5O4. The van der Waals surface area contributed by atoms with E-state index < -0.39 is 6.04 Å². The van der Waals surface area contributed by atoms with Crippen LogP contribution in [0, 0.1) is 5.92 Å². The molecule has 0 radical (unpaired) electrons. The number of piperidine rings is 2. The van der Waals surface area contributed by atoms with Crippen LogP contribution in [0.15, 0.2) is 42.5 Å². The number of rotatable bonds is 9. The Morgan fingerprint density at radius 2 is 1.67 bits per heavy atom. The van der Waals surface area contributed by atoms with Gasteiger partial charge >= 0.3 is 0 Å². The summed E-state index contributed by atoms with van der Waals surface area (Å²) in [5.41, 5.74) is 4.16. The highest BCUT2D eigenvalue weighted by molar-refractivity contribution is 6.05. The lowest BCUT2D eigenvalue weighted by atomic mass is 10.0. The van der Waals surface area contributed by atoms with Crippen molar-refractivity contribution in [1.82, 2.24) is 20.0 Å². The number of fused-ring (bicyclic) bond motifs is 1. The summed E-state index contributed by atoms with van der Waals surface area (Å²) in [6, 6.07) is 14.5. The standard InChI is InChI=1S/C34H43N5O4/c40-32-13-12-31(33(41)35-32)39-22-26-19-29(10-11-30(26)34(39)42)43-23-28-3-1-2-14-38(28)21-25-6-8-27(9-7-25)37-17-15-36(16-18-37)20-24-4-5-24/h6-11,19,24,28,31H,1-5,12-18,20-23H2,(H,35,40,41)/t28-,31?/m1/s1. The number of imide groups is 1. The molecule has 1 unspecified atom stereocenters. The smallest absolute Gasteiger partial charge is 0.255 e. The van der Waals surface area contributed by atoms with Gasteiger partial charge in [-0.2, -0.15) is 0 Å². The van der Waals surface area contributed by atoms with Crippen LogP contribution in [0.1, 0.15) is 66.4 Å². The molecule has 4 aliphatic heterocycles. The largest absolute Gasteiger partial charge is 0.492 e. The molecule has 2 atom stereocenters. The molecule has 228 valence electrons. The molecule has 1 N–H and O–H groups in total. The van der Waals surface area contributed by atoms with Gasteiger partial charge < -0.3 is 14.5 Å². The Hall–Kier alpha value is -3.43. The molecule has 43 heavy (non-hydrogen) atoms. The van der Waals surface area contributed by atoms with Crippen LogP contribution in [0.5, 0.6) is 5.75 Å². The number of ether oxygens (including phenoxy) is 1. The molecule has 0 aromatic heterocycles. The SMILES string of the molecule is O=C1CCC(N2Cc3cc(OC[C@H]4CCCCN4Cc4ccc(N5CCN(CC6CC6)CC5)cc4)ccc3C2=O)C(=O)N1. The van der Waals surface area contributed by atoms with Crippen molar-refractivity contribution in [2.75, 3.05) is 50.8 Å². The maximum absolute atomic E-state index is 13.0. The van der Waals surface area contributed by atoms with Gasteiger partial charge in [-0.05, 0) is 86.0 Å². The Bertz CT molecular complexity index is 1350. The number of hydrogen-bond donors (Lipinski definition) is 1. The van der Waals surface area contributed by atoms with Crippen LogP contribution in [-0.4, -0.2) is 90.4 Å². The lowest BCUT2D eigenvalue weighted by molar-refractivity contribution is -0.136. The summed E-state index contributed by atoms with van der Waals surface area (Å²) >= 11 is 0. The summed E-state index contributed by atoms with van der Waals surface area (Å²) in [5, 5.41) is 2.36. The first kappa shape index (κ1) is 28.3. The van der Waals surface area contributed by atoms with Gasteiger partial charge in [0.2, 0.25) is 11.8 Å². The Balaban J connectivity index is 0.926. The van der Waals surface area contributed by atoms with E-state index in [2.05, 4.69) is 44.3 Å². The molecule has 9 heteroatoms. The molecule has 2 aromatic carbocycles. The summed E-state index contributed by atoms with van der Waals surface area (Å²) in [6.45, 7) is 8.82. The first-order valence-electron chi connectivity index (χ1n) is 16.2. The van der Waals surface area contributed by atoms with Gasteiger partial charge in [0.1, 0.15) is 18.4 Å². The van der Waals surface area contributed by atoms with E-state index in [4.69, 9.17) is 4.74 Å². The van der Waals surface area contributed by atoms with Crippen LogP contribution >= 0.6 is 0 Å². The number of benzene rings is 2. The molecule has 3 amide bonds. The van der Waals surface area contributed by atoms with Crippen LogP contribution in [0.4, 0.5) is 5.69 Å². The number of carbonyl (C=O) groups excluding carboxylic acids is 3. The normalized spacial score (nSPS) is 25.2. The summed E-state index contributed by atoms with van der Waals surface area (Å²) < 4.78 is 6.32. The van der Waals surface area contributed by atoms with Gasteiger partial charge in [0.05, 0.1) is 0 Å². The number of piperazine rings is 1. The maximum Gasteiger partial charge on any atom is 0.255 e. The number of likely N-dealkylation sites (tertiary alicyclic amines) is 1. The van der Waals surface area contributed by atoms with Crippen LogP contribution < -0.4 is 15.0 Å². The average Bonchev–Trinajstić information content (AvgIpc) is 3.78. The molecule has 3 saturated heterocycles. The summed E-state index contributed by atoms with van der Waals surface area (Å²) in [6.07, 6.45) is 6.99. The second-order valence-electron chi connectivity index (χ2n) is 13.0. The zero-order chi connectivity index (χ0) is 29.3. The van der Waals surface area contributed by atoms with Gasteiger partial charge in [0.25, 0.3) is 5.91 Å². The van der Waals surface area contributed by atoms with Crippen molar-refractivity contribution < 1.29 is 19.1 Å². The predicted molar refractivity (Wildman–Crippen MR) is 164 cm³/mol. The van der Waals surface area contributed by atoms with Gasteiger partial charge in [-0.15, -0.1) is 0 Å². The first-order valence-corrected chi connectivity index (χ1v) is 16.2. The topological polar surface area (TPSA) is 85.4 Å². The van der Waals surface area contributed by atoms with Gasteiger partial charge in [-0.25, -0.2) is 0 Å². The number of carbonyl (C=O) groups is 3. The van der Waals surface area contributed by atoms with E-state index in [1.54, 1.807) is 4.90 Å². The van der Waals surface area contributed by atoms with Gasteiger partial charge in [0, 0.05) is 69.5 Å². The molecule has 7 rings (SSSR count). The number of anilines is 1. The fraction of sp³-hybridized carbons (Fsp3) is 0.559. The lowest BCUT2D eigenvalue weighted by Gasteiger charge is -2.37. The number of amides is 3. The van der Waals surface area contributed by atoms with Crippen LogP contribution in [0.2, 0.25) is 0 Å². The van der Waals surface area contributed by atoms with Crippen molar-refractivity contribution in [2.45, 2.75) is 70.1 Å². The van der Waals surface area contributed by atoms with E-state index in [0.29, 0.717) is 31.2 Å². The quantitative estimate of drug-likeness (QED) is 0.452. The fourth-order valence-electron chi connectivity index (χ4n) is 7.19. The average molecular weight is 586 g/mol. The van der Waals surface area contributed by atoms with E-state index in [0.717, 1.165) is 49.8 Å².